The summed E-state index contributed by atoms with van der Waals surface area (Å²) >= 11 is 0. The zero-order chi connectivity index (χ0) is 21.8. The van der Waals surface area contributed by atoms with E-state index < -0.39 is 0 Å². The lowest BCUT2D eigenvalue weighted by molar-refractivity contribution is -0.134. The third kappa shape index (κ3) is 5.19. The van der Waals surface area contributed by atoms with Crippen LogP contribution in [0.4, 0.5) is 5.69 Å². The maximum absolute atomic E-state index is 12.6. The Bertz CT molecular complexity index is 931. The maximum Gasteiger partial charge on any atom is 0.231 e. The number of likely N-dealkylation sites (tertiary alicyclic amines) is 1. The second-order valence-electron chi connectivity index (χ2n) is 8.61. The van der Waals surface area contributed by atoms with Crippen molar-refractivity contribution in [2.45, 2.75) is 45.4 Å². The minimum absolute atomic E-state index is 0.00351. The molecule has 4 rings (SSSR count). The van der Waals surface area contributed by atoms with E-state index in [-0.39, 0.29) is 24.5 Å². The molecule has 1 saturated heterocycles. The molecule has 0 unspecified atom stereocenters. The van der Waals surface area contributed by atoms with Crippen LogP contribution in [0.15, 0.2) is 42.5 Å². The molecule has 0 spiro atoms. The number of piperidine rings is 1. The largest absolute Gasteiger partial charge is 0.454 e. The molecule has 31 heavy (non-hydrogen) atoms. The number of anilines is 1. The third-order valence-electron chi connectivity index (χ3n) is 6.13. The van der Waals surface area contributed by atoms with Gasteiger partial charge in [0.1, 0.15) is 0 Å². The fraction of sp³-hybridized carbons (Fsp3) is 0.440. The molecule has 2 aromatic rings. The summed E-state index contributed by atoms with van der Waals surface area (Å²) in [6.07, 6.45) is 2.63. The first-order valence-corrected chi connectivity index (χ1v) is 11.1. The van der Waals surface area contributed by atoms with E-state index in [0.717, 1.165) is 6.42 Å². The Morgan fingerprint density at radius 2 is 1.74 bits per heavy atom. The third-order valence-corrected chi connectivity index (χ3v) is 6.13. The summed E-state index contributed by atoms with van der Waals surface area (Å²) in [6, 6.07) is 13.9. The highest BCUT2D eigenvalue weighted by molar-refractivity contribution is 5.93. The normalized spacial score (nSPS) is 15.9. The molecule has 6 heteroatoms. The van der Waals surface area contributed by atoms with E-state index in [1.54, 1.807) is 12.1 Å². The van der Waals surface area contributed by atoms with Gasteiger partial charge in [-0.1, -0.05) is 38.1 Å². The van der Waals surface area contributed by atoms with Crippen molar-refractivity contribution in [2.75, 3.05) is 25.2 Å². The van der Waals surface area contributed by atoms with Crippen LogP contribution in [0.25, 0.3) is 0 Å². The van der Waals surface area contributed by atoms with Gasteiger partial charge >= 0.3 is 0 Å². The number of amides is 2. The molecule has 0 atom stereocenters. The number of ether oxygens (including phenoxy) is 2. The molecule has 2 aromatic carbocycles. The number of carbonyl (C=O) groups excluding carboxylic acids is 2. The van der Waals surface area contributed by atoms with Gasteiger partial charge in [0.15, 0.2) is 11.5 Å². The Balaban J connectivity index is 1.22. The van der Waals surface area contributed by atoms with Crippen LogP contribution >= 0.6 is 0 Å². The number of nitrogens with zero attached hydrogens (tertiary/aromatic N) is 1. The quantitative estimate of drug-likeness (QED) is 0.752. The van der Waals surface area contributed by atoms with Gasteiger partial charge in [-0.3, -0.25) is 9.59 Å². The monoisotopic (exact) mass is 422 g/mol. The van der Waals surface area contributed by atoms with E-state index in [4.69, 9.17) is 9.47 Å². The van der Waals surface area contributed by atoms with E-state index in [2.05, 4.69) is 43.4 Å². The predicted octanol–water partition coefficient (Wildman–Crippen LogP) is 4.35. The smallest absolute Gasteiger partial charge is 0.231 e. The zero-order valence-electron chi connectivity index (χ0n) is 18.2. The summed E-state index contributed by atoms with van der Waals surface area (Å²) in [7, 11) is 0. The average Bonchev–Trinajstić information content (AvgIpc) is 3.25. The van der Waals surface area contributed by atoms with Crippen LogP contribution in [0, 0.1) is 5.92 Å². The predicted molar refractivity (Wildman–Crippen MR) is 119 cm³/mol. The van der Waals surface area contributed by atoms with E-state index in [9.17, 15) is 9.59 Å². The number of fused-ring (bicyclic) bond motifs is 1. The van der Waals surface area contributed by atoms with Crippen LogP contribution in [0.2, 0.25) is 0 Å². The highest BCUT2D eigenvalue weighted by atomic mass is 16.7. The summed E-state index contributed by atoms with van der Waals surface area (Å²) in [5.41, 5.74) is 3.21. The first-order chi connectivity index (χ1) is 15.0. The molecule has 1 fully saturated rings. The Hall–Kier alpha value is -3.02. The van der Waals surface area contributed by atoms with Gasteiger partial charge in [0.2, 0.25) is 18.6 Å². The number of aryl methyl sites for hydroxylation is 1. The topological polar surface area (TPSA) is 67.9 Å². The van der Waals surface area contributed by atoms with E-state index >= 15 is 0 Å². The first kappa shape index (κ1) is 21.2. The zero-order valence-corrected chi connectivity index (χ0v) is 18.2. The summed E-state index contributed by atoms with van der Waals surface area (Å²) in [6.45, 7) is 5.83. The van der Waals surface area contributed by atoms with E-state index in [1.165, 1.54) is 11.1 Å². The van der Waals surface area contributed by atoms with Crippen LogP contribution < -0.4 is 14.8 Å². The minimum atomic E-state index is -0.0851. The molecule has 2 aliphatic heterocycles. The molecule has 164 valence electrons. The highest BCUT2D eigenvalue weighted by Crippen LogP contribution is 2.34. The van der Waals surface area contributed by atoms with Gasteiger partial charge in [-0.2, -0.15) is 0 Å². The molecule has 2 aliphatic rings. The van der Waals surface area contributed by atoms with Crippen LogP contribution in [0.5, 0.6) is 11.5 Å². The second-order valence-corrected chi connectivity index (χ2v) is 8.61. The number of hydrogen-bond donors (Lipinski definition) is 1. The van der Waals surface area contributed by atoms with E-state index in [0.29, 0.717) is 55.5 Å². The summed E-state index contributed by atoms with van der Waals surface area (Å²) < 4.78 is 10.7. The Morgan fingerprint density at radius 1 is 1.03 bits per heavy atom. The van der Waals surface area contributed by atoms with Crippen LogP contribution in [-0.2, 0) is 16.0 Å². The Morgan fingerprint density at radius 3 is 2.45 bits per heavy atom. The number of nitrogens with one attached hydrogen (secondary N) is 1. The van der Waals surface area contributed by atoms with Gasteiger partial charge in [0.25, 0.3) is 0 Å². The summed E-state index contributed by atoms with van der Waals surface area (Å²) in [5.74, 6) is 1.94. The number of hydrogen-bond acceptors (Lipinski definition) is 4. The van der Waals surface area contributed by atoms with Crippen LogP contribution in [0.1, 0.15) is 50.2 Å². The van der Waals surface area contributed by atoms with Crippen molar-refractivity contribution in [3.05, 3.63) is 53.6 Å². The average molecular weight is 423 g/mol. The van der Waals surface area contributed by atoms with Gasteiger partial charge in [0.05, 0.1) is 0 Å². The molecule has 2 heterocycles. The number of carbonyl (C=O) groups is 2. The fourth-order valence-electron chi connectivity index (χ4n) is 4.09. The molecule has 0 aliphatic carbocycles. The Kier molecular flexibility index (Phi) is 6.44. The second kappa shape index (κ2) is 9.41. The van der Waals surface area contributed by atoms with Crippen molar-refractivity contribution in [2.24, 2.45) is 5.92 Å². The molecule has 1 N–H and O–H groups in total. The van der Waals surface area contributed by atoms with Gasteiger partial charge in [0, 0.05) is 37.2 Å². The highest BCUT2D eigenvalue weighted by Gasteiger charge is 2.27. The molecule has 6 nitrogen and oxygen atoms in total. The van der Waals surface area contributed by atoms with Crippen molar-refractivity contribution in [3.8, 4) is 11.5 Å². The maximum atomic E-state index is 12.6. The SMILES string of the molecule is CC(C)c1ccc(CCC(=O)N2CCC(C(=O)Nc3ccc4c(c3)OCO4)CC2)cc1. The molecule has 0 bridgehead atoms. The van der Waals surface area contributed by atoms with Crippen molar-refractivity contribution in [1.82, 2.24) is 4.90 Å². The van der Waals surface area contributed by atoms with Crippen molar-refractivity contribution in [3.63, 3.8) is 0 Å². The van der Waals surface area contributed by atoms with Crippen molar-refractivity contribution in [1.29, 1.82) is 0 Å². The van der Waals surface area contributed by atoms with Gasteiger partial charge in [-0.25, -0.2) is 0 Å². The molecular weight excluding hydrogens is 392 g/mol. The molecule has 0 saturated carbocycles. The van der Waals surface area contributed by atoms with Gasteiger partial charge in [-0.15, -0.1) is 0 Å². The lowest BCUT2D eigenvalue weighted by Crippen LogP contribution is -2.41. The lowest BCUT2D eigenvalue weighted by atomic mass is 9.95. The van der Waals surface area contributed by atoms with Crippen molar-refractivity contribution < 1.29 is 19.1 Å². The molecule has 2 amide bonds. The first-order valence-electron chi connectivity index (χ1n) is 11.1. The Labute approximate surface area is 183 Å². The lowest BCUT2D eigenvalue weighted by Gasteiger charge is -2.31. The minimum Gasteiger partial charge on any atom is -0.454 e. The van der Waals surface area contributed by atoms with E-state index in [1.807, 2.05) is 11.0 Å². The molecule has 0 aromatic heterocycles. The standard InChI is InChI=1S/C25H30N2O4/c1-17(2)19-6-3-18(4-7-19)5-10-24(28)27-13-11-20(12-14-27)25(29)26-21-8-9-22-23(15-21)31-16-30-22/h3-4,6-9,15,17,20H,5,10-14,16H2,1-2H3,(H,26,29). The van der Waals surface area contributed by atoms with Gasteiger partial charge < -0.3 is 19.7 Å². The van der Waals surface area contributed by atoms with Crippen molar-refractivity contribution >= 4 is 17.5 Å². The van der Waals surface area contributed by atoms with Gasteiger partial charge in [-0.05, 0) is 48.4 Å². The number of rotatable bonds is 6. The van der Waals surface area contributed by atoms with Crippen LogP contribution in [0.3, 0.4) is 0 Å². The van der Waals surface area contributed by atoms with Crippen LogP contribution in [-0.4, -0.2) is 36.6 Å². The molecular formula is C25H30N2O4. The summed E-state index contributed by atoms with van der Waals surface area (Å²) in [4.78, 5) is 27.2. The molecule has 0 radical (unpaired) electrons. The fourth-order valence-corrected chi connectivity index (χ4v) is 4.09. The number of benzene rings is 2. The summed E-state index contributed by atoms with van der Waals surface area (Å²) in [5, 5.41) is 2.97.